The Bertz CT molecular complexity index is 492. The van der Waals surface area contributed by atoms with Crippen LogP contribution in [0.25, 0.3) is 0 Å². The Morgan fingerprint density at radius 2 is 2.10 bits per heavy atom. The number of nitrogens with one attached hydrogen (secondary N) is 1. The van der Waals surface area contributed by atoms with Crippen LogP contribution >= 0.6 is 0 Å². The summed E-state index contributed by atoms with van der Waals surface area (Å²) in [4.78, 5) is 12.3. The van der Waals surface area contributed by atoms with Gasteiger partial charge in [0.25, 0.3) is 5.91 Å². The molecule has 0 spiro atoms. The molecule has 0 radical (unpaired) electrons. The van der Waals surface area contributed by atoms with E-state index in [9.17, 15) is 9.90 Å². The van der Waals surface area contributed by atoms with Crippen molar-refractivity contribution in [3.63, 3.8) is 0 Å². The highest BCUT2D eigenvalue weighted by Gasteiger charge is 2.42. The molecule has 0 bridgehead atoms. The van der Waals surface area contributed by atoms with Crippen molar-refractivity contribution in [2.75, 3.05) is 13.2 Å². The van der Waals surface area contributed by atoms with Crippen LogP contribution in [0.4, 0.5) is 0 Å². The number of hydrogen-bond donors (Lipinski definition) is 2. The highest BCUT2D eigenvalue weighted by Crippen LogP contribution is 2.44. The number of carbonyl (C=O) groups excluding carboxylic acids is 1. The summed E-state index contributed by atoms with van der Waals surface area (Å²) in [7, 11) is 0. The van der Waals surface area contributed by atoms with Crippen molar-refractivity contribution < 1.29 is 14.6 Å². The van der Waals surface area contributed by atoms with Crippen molar-refractivity contribution in [2.45, 2.75) is 38.2 Å². The van der Waals surface area contributed by atoms with Gasteiger partial charge in [0.2, 0.25) is 0 Å². The number of hydrogen-bond acceptors (Lipinski definition) is 3. The minimum Gasteiger partial charge on any atom is -0.490 e. The number of para-hydroxylation sites is 1. The smallest absolute Gasteiger partial charge is 0.255 e. The van der Waals surface area contributed by atoms with Crippen molar-refractivity contribution in [3.8, 4) is 5.75 Å². The molecule has 4 heteroatoms. The minimum absolute atomic E-state index is 0.0700. The Hall–Kier alpha value is -1.55. The molecule has 0 saturated heterocycles. The van der Waals surface area contributed by atoms with E-state index in [0.717, 1.165) is 25.7 Å². The van der Waals surface area contributed by atoms with Crippen LogP contribution in [-0.2, 0) is 0 Å². The Morgan fingerprint density at radius 3 is 2.70 bits per heavy atom. The lowest BCUT2D eigenvalue weighted by molar-refractivity contribution is 0.0911. The summed E-state index contributed by atoms with van der Waals surface area (Å²) in [6.45, 7) is 0.688. The van der Waals surface area contributed by atoms with Crippen molar-refractivity contribution in [1.29, 1.82) is 0 Å². The van der Waals surface area contributed by atoms with Gasteiger partial charge in [0.1, 0.15) is 5.75 Å². The minimum atomic E-state index is -0.111. The van der Waals surface area contributed by atoms with Crippen LogP contribution in [0.2, 0.25) is 0 Å². The van der Waals surface area contributed by atoms with E-state index in [0.29, 0.717) is 17.9 Å². The maximum Gasteiger partial charge on any atom is 0.255 e. The highest BCUT2D eigenvalue weighted by molar-refractivity contribution is 5.96. The second-order valence-corrected chi connectivity index (χ2v) is 6.01. The van der Waals surface area contributed by atoms with Crippen LogP contribution in [0.1, 0.15) is 42.5 Å². The molecule has 1 aromatic carbocycles. The summed E-state index contributed by atoms with van der Waals surface area (Å²) in [5.74, 6) is 0.559. The molecule has 2 N–H and O–H groups in total. The van der Waals surface area contributed by atoms with E-state index in [2.05, 4.69) is 5.32 Å². The molecular weight excluding hydrogens is 254 g/mol. The maximum absolute atomic E-state index is 12.3. The number of carbonyl (C=O) groups is 1. The SMILES string of the molecule is O=C(NCC1(CO)CC1)c1ccccc1OC1CCC1. The molecule has 3 rings (SSSR count). The normalized spacial score (nSPS) is 20.1. The first-order valence-electron chi connectivity index (χ1n) is 7.37. The quantitative estimate of drug-likeness (QED) is 0.836. The Labute approximate surface area is 119 Å². The van der Waals surface area contributed by atoms with Crippen molar-refractivity contribution in [3.05, 3.63) is 29.8 Å². The molecule has 0 aliphatic heterocycles. The average Bonchev–Trinajstić information content (AvgIpc) is 3.21. The first kappa shape index (κ1) is 13.4. The number of ether oxygens (including phenoxy) is 1. The van der Waals surface area contributed by atoms with Crippen LogP contribution in [0.3, 0.4) is 0 Å². The van der Waals surface area contributed by atoms with Gasteiger partial charge in [-0.1, -0.05) is 12.1 Å². The molecule has 1 amide bonds. The van der Waals surface area contributed by atoms with Crippen LogP contribution in [0, 0.1) is 5.41 Å². The van der Waals surface area contributed by atoms with E-state index in [4.69, 9.17) is 4.74 Å². The number of benzene rings is 1. The van der Waals surface area contributed by atoms with E-state index in [1.165, 1.54) is 6.42 Å². The fourth-order valence-corrected chi connectivity index (χ4v) is 2.36. The van der Waals surface area contributed by atoms with Gasteiger partial charge in [-0.15, -0.1) is 0 Å². The predicted octanol–water partition coefficient (Wildman–Crippen LogP) is 2.12. The van der Waals surface area contributed by atoms with Gasteiger partial charge < -0.3 is 15.2 Å². The number of rotatable bonds is 6. The average molecular weight is 275 g/mol. The van der Waals surface area contributed by atoms with E-state index in [-0.39, 0.29) is 24.0 Å². The predicted molar refractivity (Wildman–Crippen MR) is 75.8 cm³/mol. The van der Waals surface area contributed by atoms with Gasteiger partial charge in [-0.05, 0) is 44.2 Å². The topological polar surface area (TPSA) is 58.6 Å². The molecule has 2 aliphatic carbocycles. The molecule has 1 aromatic rings. The fourth-order valence-electron chi connectivity index (χ4n) is 2.36. The summed E-state index contributed by atoms with van der Waals surface area (Å²) in [5, 5.41) is 12.2. The third kappa shape index (κ3) is 2.80. The lowest BCUT2D eigenvalue weighted by atomic mass is 9.96. The zero-order valence-electron chi connectivity index (χ0n) is 11.6. The Morgan fingerprint density at radius 1 is 1.35 bits per heavy atom. The molecule has 0 atom stereocenters. The van der Waals surface area contributed by atoms with Crippen molar-refractivity contribution in [2.24, 2.45) is 5.41 Å². The zero-order valence-corrected chi connectivity index (χ0v) is 11.6. The van der Waals surface area contributed by atoms with Gasteiger partial charge in [0, 0.05) is 12.0 Å². The van der Waals surface area contributed by atoms with E-state index in [1.54, 1.807) is 6.07 Å². The van der Waals surface area contributed by atoms with Crippen molar-refractivity contribution in [1.82, 2.24) is 5.32 Å². The zero-order chi connectivity index (χ0) is 14.0. The lowest BCUT2D eigenvalue weighted by Gasteiger charge is -2.27. The standard InChI is InChI=1S/C16H21NO3/c18-11-16(8-9-16)10-17-15(19)13-6-1-2-7-14(13)20-12-4-3-5-12/h1-2,6-7,12,18H,3-5,8-11H2,(H,17,19). The lowest BCUT2D eigenvalue weighted by Crippen LogP contribution is -2.32. The molecule has 4 nitrogen and oxygen atoms in total. The van der Waals surface area contributed by atoms with E-state index in [1.807, 2.05) is 18.2 Å². The van der Waals surface area contributed by atoms with Gasteiger partial charge in [0.05, 0.1) is 18.3 Å². The van der Waals surface area contributed by atoms with Gasteiger partial charge in [-0.3, -0.25) is 4.79 Å². The molecule has 0 aromatic heterocycles. The molecule has 2 saturated carbocycles. The third-order valence-electron chi connectivity index (χ3n) is 4.39. The van der Waals surface area contributed by atoms with Gasteiger partial charge in [0.15, 0.2) is 0 Å². The number of aliphatic hydroxyl groups excluding tert-OH is 1. The maximum atomic E-state index is 12.3. The second-order valence-electron chi connectivity index (χ2n) is 6.01. The van der Waals surface area contributed by atoms with E-state index >= 15 is 0 Å². The Kier molecular flexibility index (Phi) is 3.66. The third-order valence-corrected chi connectivity index (χ3v) is 4.39. The summed E-state index contributed by atoms with van der Waals surface area (Å²) in [6.07, 6.45) is 5.59. The molecular formula is C16H21NO3. The molecule has 2 aliphatic rings. The van der Waals surface area contributed by atoms with Gasteiger partial charge in [-0.2, -0.15) is 0 Å². The van der Waals surface area contributed by atoms with Crippen LogP contribution < -0.4 is 10.1 Å². The van der Waals surface area contributed by atoms with Crippen molar-refractivity contribution >= 4 is 5.91 Å². The van der Waals surface area contributed by atoms with Gasteiger partial charge in [-0.25, -0.2) is 0 Å². The van der Waals surface area contributed by atoms with Crippen LogP contribution in [0.15, 0.2) is 24.3 Å². The summed E-state index contributed by atoms with van der Waals surface area (Å²) in [6, 6.07) is 7.39. The molecule has 2 fully saturated rings. The molecule has 0 heterocycles. The van der Waals surface area contributed by atoms with Gasteiger partial charge >= 0.3 is 0 Å². The van der Waals surface area contributed by atoms with E-state index < -0.39 is 0 Å². The van der Waals surface area contributed by atoms with Crippen LogP contribution in [0.5, 0.6) is 5.75 Å². The summed E-state index contributed by atoms with van der Waals surface area (Å²) in [5.41, 5.74) is 0.521. The van der Waals surface area contributed by atoms with Crippen LogP contribution in [-0.4, -0.2) is 30.3 Å². The number of amides is 1. The first-order valence-corrected chi connectivity index (χ1v) is 7.37. The highest BCUT2D eigenvalue weighted by atomic mass is 16.5. The number of aliphatic hydroxyl groups is 1. The molecule has 20 heavy (non-hydrogen) atoms. The largest absolute Gasteiger partial charge is 0.490 e. The second kappa shape index (κ2) is 5.44. The summed E-state index contributed by atoms with van der Waals surface area (Å²) < 4.78 is 5.87. The molecule has 108 valence electrons. The Balaban J connectivity index is 1.64. The fraction of sp³-hybridized carbons (Fsp3) is 0.562. The first-order chi connectivity index (χ1) is 9.72. The summed E-state index contributed by atoms with van der Waals surface area (Å²) >= 11 is 0. The monoisotopic (exact) mass is 275 g/mol. The molecule has 0 unspecified atom stereocenters.